The van der Waals surface area contributed by atoms with Crippen molar-refractivity contribution in [2.45, 2.75) is 177 Å². The minimum absolute atomic E-state index is 0.0435. The molecule has 4 aliphatic carbocycles. The summed E-state index contributed by atoms with van der Waals surface area (Å²) in [5.74, 6) is 1.85. The Kier molecular flexibility index (Phi) is 9.83. The van der Waals surface area contributed by atoms with E-state index in [1.54, 1.807) is 0 Å². The van der Waals surface area contributed by atoms with E-state index in [0.29, 0.717) is 43.1 Å². The first-order chi connectivity index (χ1) is 24.5. The molecule has 7 N–H and O–H groups in total. The molecule has 0 aromatic rings. The van der Waals surface area contributed by atoms with Crippen LogP contribution in [0.5, 0.6) is 0 Å². The molecular weight excluding hydrogens is 676 g/mol. The number of hydrogen-bond acceptors (Lipinski definition) is 13. The SMILES string of the molecule is C[C@@H]1O[C@@H](O[C@H]2[C@H](O)[C@@H](O)[C@H](O[C@H]3CC[C@@]4(C)C(=CC[C@H]5[C@@H]6C[C@@H]7O[C@]8(CC[C@](C)(O)CO8)[C@@H](C)[C@@H]7[C@@]6(C)CC[C@@H]54)C3)O[C@@H]2CO)[C@H](O)[C@H](O)[C@H]1O. The van der Waals surface area contributed by atoms with Gasteiger partial charge >= 0.3 is 0 Å². The summed E-state index contributed by atoms with van der Waals surface area (Å²) >= 11 is 0. The van der Waals surface area contributed by atoms with E-state index in [9.17, 15) is 35.7 Å². The number of ether oxygens (including phenoxy) is 6. The Balaban J connectivity index is 0.913. The van der Waals surface area contributed by atoms with Gasteiger partial charge in [-0.15, -0.1) is 0 Å². The van der Waals surface area contributed by atoms with Crippen LogP contribution in [0.1, 0.15) is 92.4 Å². The van der Waals surface area contributed by atoms with E-state index >= 15 is 0 Å². The van der Waals surface area contributed by atoms with Crippen molar-refractivity contribution < 1.29 is 64.2 Å². The van der Waals surface area contributed by atoms with Crippen molar-refractivity contribution in [3.8, 4) is 0 Å². The van der Waals surface area contributed by atoms with E-state index in [-0.39, 0.29) is 29.0 Å². The molecule has 8 rings (SSSR count). The fourth-order valence-electron chi connectivity index (χ4n) is 12.5. The Hall–Kier alpha value is -0.780. The summed E-state index contributed by atoms with van der Waals surface area (Å²) in [6.07, 6.45) is -2.80. The molecule has 21 atom stereocenters. The van der Waals surface area contributed by atoms with Crippen molar-refractivity contribution in [1.82, 2.24) is 0 Å². The molecule has 1 spiro atoms. The standard InChI is InChI=1S/C39H62O13/c1-18-27-25(52-39(18)13-12-36(3,46)17-47-39)15-24-22-7-6-20-14-21(8-10-37(20,4)23(22)9-11-38(24,27)5)49-35-32(45)30(43)33(26(16-40)50-35)51-34-31(44)29(42)28(41)19(2)48-34/h6,18-19,21-35,40-46H,7-17H2,1-5H3/t18-,19-,21-,22+,23-,24-,25-,26+,27-,28-,29+,30+,31+,32+,33+,34-,35+,36-,37-,38-,39+/m0/s1. The largest absolute Gasteiger partial charge is 0.394 e. The molecule has 0 radical (unpaired) electrons. The predicted octanol–water partition coefficient (Wildman–Crippen LogP) is 1.50. The average Bonchev–Trinajstić information content (AvgIpc) is 3.56. The van der Waals surface area contributed by atoms with Gasteiger partial charge in [-0.25, -0.2) is 0 Å². The summed E-state index contributed by atoms with van der Waals surface area (Å²) in [5, 5.41) is 73.7. The van der Waals surface area contributed by atoms with E-state index in [2.05, 4.69) is 26.8 Å². The van der Waals surface area contributed by atoms with Crippen molar-refractivity contribution in [1.29, 1.82) is 0 Å². The zero-order chi connectivity index (χ0) is 37.1. The highest BCUT2D eigenvalue weighted by Gasteiger charge is 2.69. The second kappa shape index (κ2) is 13.4. The summed E-state index contributed by atoms with van der Waals surface area (Å²) in [6.45, 7) is 10.4. The molecule has 0 bridgehead atoms. The smallest absolute Gasteiger partial charge is 0.187 e. The van der Waals surface area contributed by atoms with Crippen molar-refractivity contribution >= 4 is 0 Å². The maximum atomic E-state index is 11.1. The van der Waals surface area contributed by atoms with Gasteiger partial charge in [0.25, 0.3) is 0 Å². The molecule has 0 unspecified atom stereocenters. The number of allylic oxidation sites excluding steroid dienone is 1. The van der Waals surface area contributed by atoms with Crippen LogP contribution in [0.25, 0.3) is 0 Å². The van der Waals surface area contributed by atoms with E-state index in [0.717, 1.165) is 38.5 Å². The van der Waals surface area contributed by atoms with Gasteiger partial charge in [0.2, 0.25) is 0 Å². The molecule has 296 valence electrons. The third-order valence-corrected chi connectivity index (χ3v) is 15.6. The first-order valence-electron chi connectivity index (χ1n) is 19.9. The Morgan fingerprint density at radius 1 is 0.827 bits per heavy atom. The molecule has 0 aromatic heterocycles. The van der Waals surface area contributed by atoms with Gasteiger partial charge in [0.05, 0.1) is 37.1 Å². The van der Waals surface area contributed by atoms with Crippen molar-refractivity contribution in [2.75, 3.05) is 13.2 Å². The summed E-state index contributed by atoms with van der Waals surface area (Å²) in [6, 6.07) is 0. The summed E-state index contributed by atoms with van der Waals surface area (Å²) in [4.78, 5) is 0. The number of aliphatic hydroxyl groups excluding tert-OH is 6. The molecule has 4 saturated heterocycles. The molecule has 0 amide bonds. The van der Waals surface area contributed by atoms with Crippen molar-refractivity contribution in [2.24, 2.45) is 40.4 Å². The molecular formula is C39H62O13. The highest BCUT2D eigenvalue weighted by atomic mass is 16.7. The number of fused-ring (bicyclic) bond motifs is 7. The van der Waals surface area contributed by atoms with Gasteiger partial charge in [-0.3, -0.25) is 0 Å². The monoisotopic (exact) mass is 738 g/mol. The average molecular weight is 739 g/mol. The Morgan fingerprint density at radius 3 is 2.27 bits per heavy atom. The first-order valence-corrected chi connectivity index (χ1v) is 19.9. The van der Waals surface area contributed by atoms with Crippen LogP contribution < -0.4 is 0 Å². The fraction of sp³-hybridized carbons (Fsp3) is 0.949. The maximum absolute atomic E-state index is 11.1. The fourth-order valence-corrected chi connectivity index (χ4v) is 12.5. The number of hydrogen-bond donors (Lipinski definition) is 7. The maximum Gasteiger partial charge on any atom is 0.187 e. The lowest BCUT2D eigenvalue weighted by Crippen LogP contribution is -2.64. The first kappa shape index (κ1) is 38.1. The molecule has 13 heteroatoms. The topological polar surface area (TPSA) is 197 Å². The van der Waals surface area contributed by atoms with Crippen molar-refractivity contribution in [3.05, 3.63) is 11.6 Å². The summed E-state index contributed by atoms with van der Waals surface area (Å²) in [7, 11) is 0. The van der Waals surface area contributed by atoms with Gasteiger partial charge in [-0.1, -0.05) is 32.4 Å². The van der Waals surface area contributed by atoms with Crippen molar-refractivity contribution in [3.63, 3.8) is 0 Å². The second-order valence-electron chi connectivity index (χ2n) is 18.6. The van der Waals surface area contributed by atoms with Crippen LogP contribution in [-0.2, 0) is 28.4 Å². The van der Waals surface area contributed by atoms with E-state index in [4.69, 9.17) is 28.4 Å². The molecule has 7 fully saturated rings. The third-order valence-electron chi connectivity index (χ3n) is 15.6. The lowest BCUT2D eigenvalue weighted by molar-refractivity contribution is -0.360. The Morgan fingerprint density at radius 2 is 1.56 bits per heavy atom. The van der Waals surface area contributed by atoms with E-state index in [1.807, 2.05) is 6.92 Å². The Bertz CT molecular complexity index is 1350. The highest BCUT2D eigenvalue weighted by Crippen LogP contribution is 2.70. The van der Waals surface area contributed by atoms with Gasteiger partial charge in [-0.2, -0.15) is 0 Å². The molecule has 4 heterocycles. The van der Waals surface area contributed by atoms with Crippen LogP contribution in [0, 0.1) is 40.4 Å². The third kappa shape index (κ3) is 5.90. The zero-order valence-corrected chi connectivity index (χ0v) is 31.3. The lowest BCUT2D eigenvalue weighted by Gasteiger charge is -2.58. The second-order valence-corrected chi connectivity index (χ2v) is 18.6. The summed E-state index contributed by atoms with van der Waals surface area (Å²) < 4.78 is 36.9. The van der Waals surface area contributed by atoms with Gasteiger partial charge in [0.1, 0.15) is 42.7 Å². The molecule has 3 saturated carbocycles. The minimum atomic E-state index is -1.62. The van der Waals surface area contributed by atoms with Crippen LogP contribution in [0.15, 0.2) is 11.6 Å². The highest BCUT2D eigenvalue weighted by molar-refractivity contribution is 5.26. The van der Waals surface area contributed by atoms with Crippen LogP contribution in [0.2, 0.25) is 0 Å². The molecule has 0 aromatic carbocycles. The predicted molar refractivity (Wildman–Crippen MR) is 183 cm³/mol. The van der Waals surface area contributed by atoms with E-state index < -0.39 is 79.4 Å². The van der Waals surface area contributed by atoms with Gasteiger partial charge in [0.15, 0.2) is 18.4 Å². The summed E-state index contributed by atoms with van der Waals surface area (Å²) in [5.41, 5.74) is 0.823. The number of aliphatic hydroxyl groups is 7. The van der Waals surface area contributed by atoms with Crippen LogP contribution >= 0.6 is 0 Å². The number of rotatable bonds is 5. The van der Waals surface area contributed by atoms with Crippen LogP contribution in [0.3, 0.4) is 0 Å². The van der Waals surface area contributed by atoms with Gasteiger partial charge in [-0.05, 0) is 99.7 Å². The van der Waals surface area contributed by atoms with Crippen LogP contribution in [-0.4, -0.2) is 134 Å². The lowest BCUT2D eigenvalue weighted by atomic mass is 9.47. The normalized spacial score (nSPS) is 58.9. The molecule has 8 aliphatic rings. The zero-order valence-electron chi connectivity index (χ0n) is 31.3. The molecule has 52 heavy (non-hydrogen) atoms. The minimum Gasteiger partial charge on any atom is -0.394 e. The quantitative estimate of drug-likeness (QED) is 0.201. The van der Waals surface area contributed by atoms with Crippen LogP contribution in [0.4, 0.5) is 0 Å². The van der Waals surface area contributed by atoms with Gasteiger partial charge in [0, 0.05) is 12.3 Å². The molecule has 4 aliphatic heterocycles. The molecule has 13 nitrogen and oxygen atoms in total. The van der Waals surface area contributed by atoms with Gasteiger partial charge < -0.3 is 64.2 Å². The Labute approximate surface area is 306 Å². The van der Waals surface area contributed by atoms with E-state index in [1.165, 1.54) is 18.9 Å².